The molecule has 68 valence electrons. The van der Waals surface area contributed by atoms with Crippen LogP contribution in [0.25, 0.3) is 0 Å². The van der Waals surface area contributed by atoms with Crippen LogP contribution in [-0.2, 0) is 4.52 Å². The lowest BCUT2D eigenvalue weighted by atomic mass is 10.3. The zero-order chi connectivity index (χ0) is 9.40. The minimum Gasteiger partial charge on any atom is -0.399 e. The van der Waals surface area contributed by atoms with Gasteiger partial charge in [-0.2, -0.15) is 0 Å². The van der Waals surface area contributed by atoms with Gasteiger partial charge in [0.15, 0.2) is 0 Å². The van der Waals surface area contributed by atoms with Crippen molar-refractivity contribution in [3.8, 4) is 0 Å². The molecule has 0 heterocycles. The Kier molecular flexibility index (Phi) is 6.61. The van der Waals surface area contributed by atoms with Crippen molar-refractivity contribution in [1.82, 2.24) is 0 Å². The fourth-order valence-corrected chi connectivity index (χ4v) is 0.453. The van der Waals surface area contributed by atoms with Crippen molar-refractivity contribution in [1.29, 1.82) is 0 Å². The molecule has 0 aromatic heterocycles. The van der Waals surface area contributed by atoms with Gasteiger partial charge in [0, 0.05) is 12.8 Å². The maximum absolute atomic E-state index is 7.76. The average Bonchev–Trinajstić information content (AvgIpc) is 2.07. The fourth-order valence-electron chi connectivity index (χ4n) is 0.453. The summed E-state index contributed by atoms with van der Waals surface area (Å²) < 4.78 is 3.93. The molecule has 0 saturated carbocycles. The van der Waals surface area contributed by atoms with Gasteiger partial charge in [-0.1, -0.05) is 18.2 Å². The molecule has 0 unspecified atom stereocenters. The van der Waals surface area contributed by atoms with E-state index in [1.54, 1.807) is 0 Å². The quantitative estimate of drug-likeness (QED) is 0.457. The zero-order valence-electron chi connectivity index (χ0n) is 6.71. The van der Waals surface area contributed by atoms with E-state index < -0.39 is 8.60 Å². The van der Waals surface area contributed by atoms with E-state index >= 15 is 0 Å². The van der Waals surface area contributed by atoms with Gasteiger partial charge in [-0.15, -0.1) is 0 Å². The number of anilines is 1. The van der Waals surface area contributed by atoms with Crippen molar-refractivity contribution < 1.29 is 14.3 Å². The zero-order valence-corrected chi connectivity index (χ0v) is 7.61. The van der Waals surface area contributed by atoms with Gasteiger partial charge < -0.3 is 20.0 Å². The molecule has 0 aliphatic heterocycles. The Labute approximate surface area is 72.6 Å². The molecule has 0 aliphatic carbocycles. The molecule has 0 aliphatic rings. The number of benzene rings is 1. The van der Waals surface area contributed by atoms with Crippen LogP contribution in [0.5, 0.6) is 0 Å². The van der Waals surface area contributed by atoms with Gasteiger partial charge in [0.1, 0.15) is 0 Å². The lowest BCUT2D eigenvalue weighted by molar-refractivity contribution is 0.310. The molecule has 0 saturated heterocycles. The van der Waals surface area contributed by atoms with Crippen LogP contribution in [0.2, 0.25) is 0 Å². The van der Waals surface area contributed by atoms with Crippen molar-refractivity contribution >= 4 is 14.3 Å². The van der Waals surface area contributed by atoms with Crippen LogP contribution in [0.1, 0.15) is 0 Å². The van der Waals surface area contributed by atoms with Crippen LogP contribution in [0.3, 0.4) is 0 Å². The van der Waals surface area contributed by atoms with Gasteiger partial charge in [0.25, 0.3) is 0 Å². The highest BCUT2D eigenvalue weighted by Gasteiger charge is 1.86. The molecule has 1 aromatic carbocycles. The Morgan fingerprint density at radius 3 is 1.83 bits per heavy atom. The van der Waals surface area contributed by atoms with Crippen LogP contribution in [0, 0.1) is 0 Å². The first-order chi connectivity index (χ1) is 5.66. The number of hydrogen-bond donors (Lipinski definition) is 3. The SMILES string of the molecule is COP(O)O.Nc1ccccc1. The van der Waals surface area contributed by atoms with E-state index in [1.165, 1.54) is 7.11 Å². The topological polar surface area (TPSA) is 75.7 Å². The number of para-hydroxylation sites is 1. The molecule has 5 heteroatoms. The van der Waals surface area contributed by atoms with E-state index in [4.69, 9.17) is 15.5 Å². The fraction of sp³-hybridized carbons (Fsp3) is 0.143. The molecule has 1 rings (SSSR count). The minimum atomic E-state index is -2.10. The monoisotopic (exact) mass is 189 g/mol. The number of nitrogens with two attached hydrogens (primary N) is 1. The average molecular weight is 189 g/mol. The summed E-state index contributed by atoms with van der Waals surface area (Å²) in [6.07, 6.45) is 0. The normalized spacial score (nSPS) is 9.00. The minimum absolute atomic E-state index is 0.822. The third kappa shape index (κ3) is 7.44. The summed E-state index contributed by atoms with van der Waals surface area (Å²) in [4.78, 5) is 15.5. The number of hydrogen-bond acceptors (Lipinski definition) is 4. The van der Waals surface area contributed by atoms with Crippen molar-refractivity contribution in [2.24, 2.45) is 0 Å². The lowest BCUT2D eigenvalue weighted by Crippen LogP contribution is -1.79. The van der Waals surface area contributed by atoms with Gasteiger partial charge in [-0.3, -0.25) is 0 Å². The Hall–Kier alpha value is -0.670. The van der Waals surface area contributed by atoms with Crippen LogP contribution >= 0.6 is 8.60 Å². The summed E-state index contributed by atoms with van der Waals surface area (Å²) in [5.41, 5.74) is 6.18. The van der Waals surface area contributed by atoms with Crippen molar-refractivity contribution in [2.75, 3.05) is 12.8 Å². The Morgan fingerprint density at radius 1 is 1.25 bits per heavy atom. The first-order valence-electron chi connectivity index (χ1n) is 3.19. The maximum Gasteiger partial charge on any atom is 0.326 e. The Morgan fingerprint density at radius 2 is 1.67 bits per heavy atom. The van der Waals surface area contributed by atoms with E-state index in [1.807, 2.05) is 30.3 Å². The molecule has 0 radical (unpaired) electrons. The smallest absolute Gasteiger partial charge is 0.326 e. The summed E-state index contributed by atoms with van der Waals surface area (Å²) >= 11 is 0. The van der Waals surface area contributed by atoms with Gasteiger partial charge in [0.05, 0.1) is 0 Å². The summed E-state index contributed by atoms with van der Waals surface area (Å²) in [6.45, 7) is 0. The van der Waals surface area contributed by atoms with Gasteiger partial charge in [-0.25, -0.2) is 0 Å². The van der Waals surface area contributed by atoms with E-state index in [9.17, 15) is 0 Å². The Bertz CT molecular complexity index is 193. The van der Waals surface area contributed by atoms with E-state index in [0.29, 0.717) is 0 Å². The number of nitrogen functional groups attached to an aromatic ring is 1. The molecule has 12 heavy (non-hydrogen) atoms. The highest BCUT2D eigenvalue weighted by Crippen LogP contribution is 2.20. The number of rotatable bonds is 1. The standard InChI is InChI=1S/C6H7N.CH5O3P/c7-6-4-2-1-3-5-6;1-4-5(2)3/h1-5H,7H2;2-3H,1H3. The molecule has 4 nitrogen and oxygen atoms in total. The van der Waals surface area contributed by atoms with Crippen LogP contribution in [0.4, 0.5) is 5.69 Å². The maximum atomic E-state index is 7.76. The molecule has 4 N–H and O–H groups in total. The summed E-state index contributed by atoms with van der Waals surface area (Å²) in [5.74, 6) is 0. The molecule has 0 fully saturated rings. The predicted molar refractivity (Wildman–Crippen MR) is 49.2 cm³/mol. The van der Waals surface area contributed by atoms with E-state index in [0.717, 1.165) is 5.69 Å². The first kappa shape index (κ1) is 11.3. The molecular formula is C7H12NO3P. The Balaban J connectivity index is 0.000000217. The molecule has 0 amide bonds. The predicted octanol–water partition coefficient (Wildman–Crippen LogP) is 1.11. The molecule has 0 atom stereocenters. The molecule has 0 spiro atoms. The van der Waals surface area contributed by atoms with Crippen molar-refractivity contribution in [3.63, 3.8) is 0 Å². The van der Waals surface area contributed by atoms with Crippen LogP contribution in [0.15, 0.2) is 30.3 Å². The van der Waals surface area contributed by atoms with Crippen molar-refractivity contribution in [2.45, 2.75) is 0 Å². The second-order valence-corrected chi connectivity index (χ2v) is 2.72. The highest BCUT2D eigenvalue weighted by molar-refractivity contribution is 7.39. The third-order valence-electron chi connectivity index (χ3n) is 0.963. The second kappa shape index (κ2) is 7.00. The summed E-state index contributed by atoms with van der Waals surface area (Å²) in [7, 11) is -0.870. The van der Waals surface area contributed by atoms with Crippen LogP contribution in [-0.4, -0.2) is 16.9 Å². The van der Waals surface area contributed by atoms with Gasteiger partial charge in [0.2, 0.25) is 0 Å². The third-order valence-corrected chi connectivity index (χ3v) is 1.29. The second-order valence-electron chi connectivity index (χ2n) is 1.85. The van der Waals surface area contributed by atoms with Crippen molar-refractivity contribution in [3.05, 3.63) is 30.3 Å². The van der Waals surface area contributed by atoms with E-state index in [-0.39, 0.29) is 0 Å². The first-order valence-corrected chi connectivity index (χ1v) is 4.36. The summed E-state index contributed by atoms with van der Waals surface area (Å²) in [6, 6.07) is 9.49. The summed E-state index contributed by atoms with van der Waals surface area (Å²) in [5, 5.41) is 0. The van der Waals surface area contributed by atoms with Crippen LogP contribution < -0.4 is 5.73 Å². The molecular weight excluding hydrogens is 177 g/mol. The lowest BCUT2D eigenvalue weighted by Gasteiger charge is -1.89. The molecule has 0 bridgehead atoms. The van der Waals surface area contributed by atoms with E-state index in [2.05, 4.69) is 4.52 Å². The molecule has 1 aromatic rings. The van der Waals surface area contributed by atoms with Gasteiger partial charge >= 0.3 is 8.60 Å². The highest BCUT2D eigenvalue weighted by atomic mass is 31.2. The van der Waals surface area contributed by atoms with Gasteiger partial charge in [-0.05, 0) is 12.1 Å². The largest absolute Gasteiger partial charge is 0.399 e.